The third-order valence-electron chi connectivity index (χ3n) is 5.33. The van der Waals surface area contributed by atoms with Gasteiger partial charge in [-0.3, -0.25) is 9.59 Å². The molecule has 1 aromatic rings. The Hall–Kier alpha value is -1.63. The van der Waals surface area contributed by atoms with Crippen LogP contribution in [-0.2, 0) is 14.3 Å². The summed E-state index contributed by atoms with van der Waals surface area (Å²) < 4.78 is 11.3. The predicted octanol–water partition coefficient (Wildman–Crippen LogP) is 2.69. The summed E-state index contributed by atoms with van der Waals surface area (Å²) >= 11 is 6.15. The van der Waals surface area contributed by atoms with E-state index in [9.17, 15) is 9.59 Å². The van der Waals surface area contributed by atoms with Crippen molar-refractivity contribution < 1.29 is 19.1 Å². The van der Waals surface area contributed by atoms with Crippen molar-refractivity contribution in [2.24, 2.45) is 5.92 Å². The molecule has 4 rings (SSSR count). The summed E-state index contributed by atoms with van der Waals surface area (Å²) in [5.41, 5.74) is 1.17. The minimum absolute atomic E-state index is 0.0468. The van der Waals surface area contributed by atoms with Crippen LogP contribution in [-0.4, -0.2) is 55.9 Å². The van der Waals surface area contributed by atoms with E-state index in [0.29, 0.717) is 55.5 Å². The van der Waals surface area contributed by atoms with Crippen molar-refractivity contribution in [1.82, 2.24) is 4.90 Å². The Morgan fingerprint density at radius 2 is 1.96 bits per heavy atom. The third kappa shape index (κ3) is 3.46. The first-order chi connectivity index (χ1) is 12.6. The van der Waals surface area contributed by atoms with Gasteiger partial charge in [-0.2, -0.15) is 0 Å². The second kappa shape index (κ2) is 7.55. The van der Waals surface area contributed by atoms with Crippen LogP contribution >= 0.6 is 11.6 Å². The molecule has 0 bridgehead atoms. The fraction of sp³-hybridized carbons (Fsp3) is 0.579. The number of hydrogen-bond acceptors (Lipinski definition) is 4. The molecular formula is C19H23ClN2O4. The van der Waals surface area contributed by atoms with Crippen LogP contribution < -0.4 is 4.90 Å². The van der Waals surface area contributed by atoms with Crippen molar-refractivity contribution in [3.05, 3.63) is 28.8 Å². The van der Waals surface area contributed by atoms with Crippen LogP contribution in [0.3, 0.4) is 0 Å². The Kier molecular flexibility index (Phi) is 5.16. The molecule has 3 aliphatic heterocycles. The maximum absolute atomic E-state index is 13.2. The number of amides is 2. The lowest BCUT2D eigenvalue weighted by molar-refractivity contribution is -0.117. The standard InChI is InChI=1S/C19H23ClN2O4/c20-14-5-6-15(16(11-14)22-8-2-4-17(22)23)18(24)21-7-1-3-13(12-21)19-25-9-10-26-19/h5-6,11,13,19H,1-4,7-10,12H2. The van der Waals surface area contributed by atoms with Crippen LogP contribution in [0.15, 0.2) is 18.2 Å². The van der Waals surface area contributed by atoms with Gasteiger partial charge in [0.2, 0.25) is 5.91 Å². The topological polar surface area (TPSA) is 59.1 Å². The fourth-order valence-corrected chi connectivity index (χ4v) is 4.21. The Balaban J connectivity index is 1.56. The normalized spacial score (nSPS) is 24.5. The highest BCUT2D eigenvalue weighted by Gasteiger charge is 2.34. The van der Waals surface area contributed by atoms with Crippen molar-refractivity contribution in [2.45, 2.75) is 32.0 Å². The van der Waals surface area contributed by atoms with Crippen molar-refractivity contribution in [2.75, 3.05) is 37.7 Å². The zero-order valence-electron chi connectivity index (χ0n) is 14.7. The zero-order valence-corrected chi connectivity index (χ0v) is 15.4. The number of hydrogen-bond donors (Lipinski definition) is 0. The number of rotatable bonds is 3. The predicted molar refractivity (Wildman–Crippen MR) is 97.4 cm³/mol. The lowest BCUT2D eigenvalue weighted by Crippen LogP contribution is -2.44. The molecular weight excluding hydrogens is 356 g/mol. The number of likely N-dealkylation sites (tertiary alicyclic amines) is 1. The molecule has 0 N–H and O–H groups in total. The average Bonchev–Trinajstić information content (AvgIpc) is 3.33. The number of nitrogens with zero attached hydrogens (tertiary/aromatic N) is 2. The molecule has 1 aromatic carbocycles. The largest absolute Gasteiger partial charge is 0.350 e. The van der Waals surface area contributed by atoms with Gasteiger partial charge < -0.3 is 19.3 Å². The number of halogens is 1. The smallest absolute Gasteiger partial charge is 0.255 e. The first kappa shape index (κ1) is 17.8. The van der Waals surface area contributed by atoms with Crippen molar-refractivity contribution in [3.8, 4) is 0 Å². The van der Waals surface area contributed by atoms with Gasteiger partial charge in [-0.1, -0.05) is 11.6 Å². The van der Waals surface area contributed by atoms with Crippen molar-refractivity contribution >= 4 is 29.1 Å². The van der Waals surface area contributed by atoms with E-state index in [1.54, 1.807) is 23.1 Å². The first-order valence-corrected chi connectivity index (χ1v) is 9.63. The highest BCUT2D eigenvalue weighted by atomic mass is 35.5. The van der Waals surface area contributed by atoms with Gasteiger partial charge in [0.25, 0.3) is 5.91 Å². The molecule has 1 unspecified atom stereocenters. The fourth-order valence-electron chi connectivity index (χ4n) is 4.05. The van der Waals surface area contributed by atoms with Gasteiger partial charge >= 0.3 is 0 Å². The molecule has 3 aliphatic rings. The van der Waals surface area contributed by atoms with Gasteiger partial charge in [-0.15, -0.1) is 0 Å². The lowest BCUT2D eigenvalue weighted by atomic mass is 9.96. The molecule has 1 atom stereocenters. The Morgan fingerprint density at radius 1 is 1.15 bits per heavy atom. The Morgan fingerprint density at radius 3 is 2.69 bits per heavy atom. The van der Waals surface area contributed by atoms with Gasteiger partial charge in [0.05, 0.1) is 24.5 Å². The molecule has 3 fully saturated rings. The van der Waals surface area contributed by atoms with E-state index in [1.807, 2.05) is 4.90 Å². The number of anilines is 1. The van der Waals surface area contributed by atoms with Gasteiger partial charge in [0.15, 0.2) is 6.29 Å². The van der Waals surface area contributed by atoms with Crippen molar-refractivity contribution in [1.29, 1.82) is 0 Å². The molecule has 0 radical (unpaired) electrons. The van der Waals surface area contributed by atoms with E-state index in [2.05, 4.69) is 0 Å². The number of carbonyl (C=O) groups excluding carboxylic acids is 2. The summed E-state index contributed by atoms with van der Waals surface area (Å²) in [4.78, 5) is 28.9. The number of benzene rings is 1. The summed E-state index contributed by atoms with van der Waals surface area (Å²) in [5.74, 6) is 0.184. The zero-order chi connectivity index (χ0) is 18.1. The minimum atomic E-state index is -0.213. The second-order valence-corrected chi connectivity index (χ2v) is 7.51. The molecule has 2 amide bonds. The molecule has 26 heavy (non-hydrogen) atoms. The molecule has 3 saturated heterocycles. The quantitative estimate of drug-likeness (QED) is 0.811. The average molecular weight is 379 g/mol. The van der Waals surface area contributed by atoms with Gasteiger partial charge in [-0.25, -0.2) is 0 Å². The number of carbonyl (C=O) groups is 2. The van der Waals surface area contributed by atoms with Crippen LogP contribution in [0.1, 0.15) is 36.0 Å². The SMILES string of the molecule is O=C(c1ccc(Cl)cc1N1CCCC1=O)N1CCCC(C2OCCO2)C1. The lowest BCUT2D eigenvalue weighted by Gasteiger charge is -2.35. The van der Waals surface area contributed by atoms with Crippen LogP contribution in [0.5, 0.6) is 0 Å². The van der Waals surface area contributed by atoms with Gasteiger partial charge in [0, 0.05) is 37.0 Å². The summed E-state index contributed by atoms with van der Waals surface area (Å²) in [5, 5.41) is 0.528. The minimum Gasteiger partial charge on any atom is -0.350 e. The molecule has 0 saturated carbocycles. The monoisotopic (exact) mass is 378 g/mol. The van der Waals surface area contributed by atoms with E-state index < -0.39 is 0 Å². The van der Waals surface area contributed by atoms with E-state index in [4.69, 9.17) is 21.1 Å². The molecule has 0 spiro atoms. The van der Waals surface area contributed by atoms with Crippen molar-refractivity contribution in [3.63, 3.8) is 0 Å². The summed E-state index contributed by atoms with van der Waals surface area (Å²) in [6, 6.07) is 5.17. The molecule has 3 heterocycles. The Labute approximate surface area is 158 Å². The maximum atomic E-state index is 13.2. The summed E-state index contributed by atoms with van der Waals surface area (Å²) in [6.45, 7) is 3.18. The third-order valence-corrected chi connectivity index (χ3v) is 5.57. The summed E-state index contributed by atoms with van der Waals surface area (Å²) in [7, 11) is 0. The summed E-state index contributed by atoms with van der Waals surface area (Å²) in [6.07, 6.45) is 3.02. The van der Waals surface area contributed by atoms with E-state index in [-0.39, 0.29) is 24.0 Å². The Bertz CT molecular complexity index is 705. The second-order valence-electron chi connectivity index (χ2n) is 7.07. The molecule has 0 aliphatic carbocycles. The van der Waals surface area contributed by atoms with Crippen LogP contribution in [0.25, 0.3) is 0 Å². The van der Waals surface area contributed by atoms with Crippen LogP contribution in [0.4, 0.5) is 5.69 Å². The molecule has 0 aromatic heterocycles. The van der Waals surface area contributed by atoms with E-state index >= 15 is 0 Å². The van der Waals surface area contributed by atoms with E-state index in [0.717, 1.165) is 19.3 Å². The van der Waals surface area contributed by atoms with Gasteiger partial charge in [0.1, 0.15) is 0 Å². The van der Waals surface area contributed by atoms with Crippen LogP contribution in [0, 0.1) is 5.92 Å². The highest BCUT2D eigenvalue weighted by molar-refractivity contribution is 6.31. The molecule has 6 nitrogen and oxygen atoms in total. The number of piperidine rings is 1. The maximum Gasteiger partial charge on any atom is 0.255 e. The van der Waals surface area contributed by atoms with Crippen LogP contribution in [0.2, 0.25) is 5.02 Å². The highest BCUT2D eigenvalue weighted by Crippen LogP contribution is 2.31. The number of ether oxygens (including phenoxy) is 2. The first-order valence-electron chi connectivity index (χ1n) is 9.26. The van der Waals surface area contributed by atoms with E-state index in [1.165, 1.54) is 0 Å². The molecule has 7 heteroatoms. The molecule has 140 valence electrons. The van der Waals surface area contributed by atoms with Gasteiger partial charge in [-0.05, 0) is 37.5 Å².